The monoisotopic (exact) mass is 829 g/mol. The fourth-order valence-electron chi connectivity index (χ4n) is 7.44. The maximum atomic E-state index is 14.3. The molecule has 7 amide bonds. The first-order valence-electron chi connectivity index (χ1n) is 20.1. The van der Waals surface area contributed by atoms with Crippen molar-refractivity contribution in [1.29, 1.82) is 0 Å². The quantitative estimate of drug-likeness (QED) is 0.0506. The van der Waals surface area contributed by atoms with Crippen LogP contribution in [0.25, 0.3) is 10.9 Å². The highest BCUT2D eigenvalue weighted by atomic mass is 16.3. The number of para-hydroxylation sites is 1. The molecule has 1 aromatic heterocycles. The van der Waals surface area contributed by atoms with Gasteiger partial charge in [-0.25, -0.2) is 0 Å². The summed E-state index contributed by atoms with van der Waals surface area (Å²) in [6, 6.07) is 10.0. The highest BCUT2D eigenvalue weighted by Crippen LogP contribution is 2.22. The van der Waals surface area contributed by atoms with Crippen LogP contribution in [0, 0.1) is 5.92 Å². The van der Waals surface area contributed by atoms with Gasteiger partial charge in [-0.05, 0) is 56.2 Å². The van der Waals surface area contributed by atoms with Crippen molar-refractivity contribution < 1.29 is 38.7 Å². The van der Waals surface area contributed by atoms with E-state index in [1.54, 1.807) is 36.5 Å². The Bertz CT molecular complexity index is 2050. The Labute approximate surface area is 347 Å². The Balaban J connectivity index is 1.51. The number of aliphatic hydroxyl groups excluding tert-OH is 1. The molecule has 0 bridgehead atoms. The minimum absolute atomic E-state index is 0.00272. The highest BCUT2D eigenvalue weighted by molar-refractivity contribution is 6.02. The van der Waals surface area contributed by atoms with Crippen LogP contribution in [0.4, 0.5) is 0 Å². The van der Waals surface area contributed by atoms with Gasteiger partial charge in [-0.2, -0.15) is 0 Å². The summed E-state index contributed by atoms with van der Waals surface area (Å²) in [6.45, 7) is 1.42. The number of carbonyl (C=O) groups is 7. The number of aromatic nitrogens is 1. The molecule has 60 heavy (non-hydrogen) atoms. The Morgan fingerprint density at radius 3 is 2.18 bits per heavy atom. The van der Waals surface area contributed by atoms with E-state index in [-0.39, 0.29) is 64.1 Å². The topological polar surface area (TPSA) is 309 Å². The van der Waals surface area contributed by atoms with Crippen molar-refractivity contribution in [3.8, 4) is 0 Å². The molecule has 19 nitrogen and oxygen atoms in total. The van der Waals surface area contributed by atoms with Gasteiger partial charge in [-0.3, -0.25) is 38.6 Å². The lowest BCUT2D eigenvalue weighted by Crippen LogP contribution is -2.59. The van der Waals surface area contributed by atoms with Gasteiger partial charge in [0.15, 0.2) is 5.96 Å². The molecule has 0 aliphatic carbocycles. The van der Waals surface area contributed by atoms with Crippen molar-refractivity contribution in [2.75, 3.05) is 19.6 Å². The van der Waals surface area contributed by atoms with E-state index in [0.29, 0.717) is 24.0 Å². The number of primary amides is 1. The van der Waals surface area contributed by atoms with Gasteiger partial charge in [0.1, 0.15) is 36.1 Å². The van der Waals surface area contributed by atoms with Crippen molar-refractivity contribution in [3.05, 3.63) is 71.9 Å². The summed E-state index contributed by atoms with van der Waals surface area (Å²) >= 11 is 0. The van der Waals surface area contributed by atoms with E-state index < -0.39 is 83.6 Å². The third kappa shape index (κ3) is 12.0. The zero-order valence-electron chi connectivity index (χ0n) is 33.5. The average Bonchev–Trinajstić information content (AvgIpc) is 3.83. The largest absolute Gasteiger partial charge is 0.391 e. The molecule has 0 saturated carbocycles. The van der Waals surface area contributed by atoms with E-state index in [4.69, 9.17) is 17.2 Å². The number of nitrogens with two attached hydrogens (primary N) is 3. The van der Waals surface area contributed by atoms with Gasteiger partial charge in [-0.15, -0.1) is 0 Å². The number of benzene rings is 2. The van der Waals surface area contributed by atoms with E-state index in [9.17, 15) is 38.7 Å². The zero-order chi connectivity index (χ0) is 43.3. The summed E-state index contributed by atoms with van der Waals surface area (Å²) < 4.78 is 0. The van der Waals surface area contributed by atoms with Gasteiger partial charge in [0.05, 0.1) is 6.10 Å². The number of rotatable bonds is 9. The molecule has 13 N–H and O–H groups in total. The predicted molar refractivity (Wildman–Crippen MR) is 221 cm³/mol. The van der Waals surface area contributed by atoms with Crippen LogP contribution in [-0.4, -0.2) is 118 Å². The number of hydrogen-bond acceptors (Lipinski definition) is 9. The number of hydrogen-bond donors (Lipinski definition) is 10. The van der Waals surface area contributed by atoms with E-state index in [1.165, 1.54) is 6.92 Å². The van der Waals surface area contributed by atoms with Crippen molar-refractivity contribution >= 4 is 58.2 Å². The number of amides is 7. The molecule has 19 heteroatoms. The van der Waals surface area contributed by atoms with Crippen LogP contribution in [-0.2, 0) is 46.4 Å². The molecule has 2 fully saturated rings. The molecule has 2 aromatic carbocycles. The van der Waals surface area contributed by atoms with E-state index in [1.807, 2.05) is 24.3 Å². The molecule has 2 saturated heterocycles. The van der Waals surface area contributed by atoms with E-state index in [0.717, 1.165) is 15.8 Å². The van der Waals surface area contributed by atoms with Crippen molar-refractivity contribution in [1.82, 2.24) is 36.5 Å². The fraction of sp³-hybridized carbons (Fsp3) is 0.463. The fourth-order valence-corrected chi connectivity index (χ4v) is 7.44. The smallest absolute Gasteiger partial charge is 0.243 e. The lowest BCUT2D eigenvalue weighted by Gasteiger charge is -2.29. The molecule has 3 heterocycles. The number of H-pyrrole nitrogens is 1. The minimum atomic E-state index is -1.29. The number of aliphatic imine (C=N–C) groups is 1. The van der Waals surface area contributed by atoms with Crippen LogP contribution in [0.15, 0.2) is 65.8 Å². The Hall–Kier alpha value is -6.50. The van der Waals surface area contributed by atoms with Crippen LogP contribution in [0.5, 0.6) is 0 Å². The summed E-state index contributed by atoms with van der Waals surface area (Å²) in [5.74, 6) is -6.44. The number of nitrogens with one attached hydrogen (secondary N) is 6. The second-order valence-electron chi connectivity index (χ2n) is 15.3. The molecule has 322 valence electrons. The van der Waals surface area contributed by atoms with Crippen LogP contribution >= 0.6 is 0 Å². The van der Waals surface area contributed by atoms with Gasteiger partial charge in [0, 0.05) is 56.0 Å². The normalized spacial score (nSPS) is 25.4. The third-order valence-electron chi connectivity index (χ3n) is 10.7. The molecule has 2 aliphatic rings. The molecule has 5 rings (SSSR count). The number of fused-ring (bicyclic) bond motifs is 2. The number of guanidine groups is 1. The van der Waals surface area contributed by atoms with Crippen LogP contribution < -0.4 is 43.8 Å². The molecule has 2 aliphatic heterocycles. The first-order valence-corrected chi connectivity index (χ1v) is 20.1. The first-order chi connectivity index (χ1) is 28.7. The molecule has 0 spiro atoms. The predicted octanol–water partition coefficient (Wildman–Crippen LogP) is -1.67. The second kappa shape index (κ2) is 21.0. The van der Waals surface area contributed by atoms with Crippen LogP contribution in [0.2, 0.25) is 0 Å². The van der Waals surface area contributed by atoms with Crippen LogP contribution in [0.3, 0.4) is 0 Å². The van der Waals surface area contributed by atoms with E-state index >= 15 is 0 Å². The third-order valence-corrected chi connectivity index (χ3v) is 10.7. The summed E-state index contributed by atoms with van der Waals surface area (Å²) in [5, 5.41) is 25.1. The minimum Gasteiger partial charge on any atom is -0.391 e. The average molecular weight is 830 g/mol. The molecule has 3 aromatic rings. The standard InChI is InChI=1S/C41H55N11O8/c1-23-35(55)45-16-8-7-14-29(34(42)54)48-38(58)32(19-25-21-47-28-13-6-5-12-27(25)28)50-36(56)30(15-9-17-46-41(43)44)49-37(57)31(18-24-10-3-2-4-11-24)51-39(59)33-20-26(53)22-52(33)40(23)60/h2-6,10-13,21,23,26,29-33,47,53H,7-9,14-20,22H2,1H3,(H2,42,54)(H,45,55)(H,48,58)(H,49,57)(H,50,56)(H,51,59)(H4,43,44,46)/t23-,26+,29-,30-,31+,32-,33-/m0/s1. The first kappa shape index (κ1) is 44.6. The van der Waals surface area contributed by atoms with Crippen molar-refractivity contribution in [3.63, 3.8) is 0 Å². The van der Waals surface area contributed by atoms with Gasteiger partial charge in [0.2, 0.25) is 41.4 Å². The number of aliphatic hydroxyl groups is 1. The molecule has 0 unspecified atom stereocenters. The van der Waals surface area contributed by atoms with Gasteiger partial charge in [0.25, 0.3) is 0 Å². The SMILES string of the molecule is C[C@H]1C(=O)NCCCC[C@@H](C(N)=O)NC(=O)[C@H](Cc2c[nH]c3ccccc23)NC(=O)[C@H](CCCN=C(N)N)NC(=O)[C@@H](Cc2ccccc2)NC(=O)[C@@H]2C[C@@H](O)CN2C1=O. The lowest BCUT2D eigenvalue weighted by atomic mass is 10.0. The number of nitrogens with zero attached hydrogens (tertiary/aromatic N) is 2. The highest BCUT2D eigenvalue weighted by Gasteiger charge is 2.43. The van der Waals surface area contributed by atoms with Gasteiger partial charge < -0.3 is 58.8 Å². The summed E-state index contributed by atoms with van der Waals surface area (Å²) in [4.78, 5) is 104. The Kier molecular flexibility index (Phi) is 15.6. The zero-order valence-corrected chi connectivity index (χ0v) is 33.5. The number of aromatic amines is 1. The van der Waals surface area contributed by atoms with Crippen molar-refractivity contribution in [2.24, 2.45) is 28.1 Å². The summed E-state index contributed by atoms with van der Waals surface area (Å²) in [7, 11) is 0. The van der Waals surface area contributed by atoms with Gasteiger partial charge in [-0.1, -0.05) is 48.5 Å². The number of carbonyl (C=O) groups excluding carboxylic acids is 7. The van der Waals surface area contributed by atoms with Crippen molar-refractivity contribution in [2.45, 2.75) is 94.6 Å². The molecule has 0 radical (unpaired) electrons. The summed E-state index contributed by atoms with van der Waals surface area (Å²) in [5.41, 5.74) is 18.9. The van der Waals surface area contributed by atoms with Crippen LogP contribution in [0.1, 0.15) is 56.6 Å². The van der Waals surface area contributed by atoms with E-state index in [2.05, 4.69) is 36.6 Å². The Morgan fingerprint density at radius 2 is 1.45 bits per heavy atom. The maximum absolute atomic E-state index is 14.3. The summed E-state index contributed by atoms with van der Waals surface area (Å²) in [6.07, 6.45) is 1.50. The molecule has 7 atom stereocenters. The lowest BCUT2D eigenvalue weighted by molar-refractivity contribution is -0.146. The molecular formula is C41H55N11O8. The molecular weight excluding hydrogens is 775 g/mol. The maximum Gasteiger partial charge on any atom is 0.243 e. The van der Waals surface area contributed by atoms with Gasteiger partial charge >= 0.3 is 0 Å². The second-order valence-corrected chi connectivity index (χ2v) is 15.3. The Morgan fingerprint density at radius 1 is 0.800 bits per heavy atom.